The first kappa shape index (κ1) is 47.6. The largest absolute Gasteiger partial charge is 0.463 e. The molecular weight excluding hydrogens is 648 g/mol. The van der Waals surface area contributed by atoms with Gasteiger partial charge < -0.3 is 19.3 Å². The zero-order valence-electron chi connectivity index (χ0n) is 33.5. The zero-order valence-corrected chi connectivity index (χ0v) is 33.5. The molecule has 1 saturated heterocycles. The fourth-order valence-electron chi connectivity index (χ4n) is 6.09. The van der Waals surface area contributed by atoms with E-state index in [0.717, 1.165) is 57.8 Å². The van der Waals surface area contributed by atoms with Crippen molar-refractivity contribution < 1.29 is 28.9 Å². The Morgan fingerprint density at radius 1 is 0.519 bits per heavy atom. The Balaban J connectivity index is 1.85. The number of hydrogen-bond acceptors (Lipinski definition) is 6. The average Bonchev–Trinajstić information content (AvgIpc) is 3.90. The number of rotatable bonds is 37. The zero-order chi connectivity index (χ0) is 37.6. The van der Waals surface area contributed by atoms with Crippen LogP contribution in [0.25, 0.3) is 0 Å². The SMILES string of the molecule is CC/C=C\CC1OC1C/C=C\C/C=C\C/C=C\C/C=C\CCC(=O)OC[C@@H](O)COC(=O)CCCCCCCCCCCCCCCCCCCC. The molecule has 1 aliphatic heterocycles. The molecule has 298 valence electrons. The summed E-state index contributed by atoms with van der Waals surface area (Å²) in [5.41, 5.74) is 0. The Hall–Kier alpha value is -2.44. The standard InChI is InChI=1S/C46H78O6/c1-3-5-7-8-9-10-11-12-13-14-15-16-17-21-24-27-30-34-38-45(48)50-40-42(47)41-51-46(49)39-35-31-28-25-22-19-18-20-23-26-29-33-37-44-43(52-44)36-32-6-4-2/h6,19-20,22-23,28-29,31-33,42-44,47H,3-5,7-18,21,24-27,30,34-41H2,1-2H3/b22-19-,23-20-,31-28-,32-6-,33-29-/t42-,43?,44?/m0/s1. The molecule has 6 heteroatoms. The second-order valence-electron chi connectivity index (χ2n) is 14.5. The molecule has 3 atom stereocenters. The van der Waals surface area contributed by atoms with E-state index in [1.54, 1.807) is 0 Å². The highest BCUT2D eigenvalue weighted by atomic mass is 16.6. The maximum atomic E-state index is 12.0. The van der Waals surface area contributed by atoms with Crippen molar-refractivity contribution in [3.8, 4) is 0 Å². The molecule has 0 bridgehead atoms. The fourth-order valence-corrected chi connectivity index (χ4v) is 6.09. The second kappa shape index (κ2) is 36.9. The van der Waals surface area contributed by atoms with E-state index >= 15 is 0 Å². The summed E-state index contributed by atoms with van der Waals surface area (Å²) in [5.74, 6) is -0.661. The molecule has 52 heavy (non-hydrogen) atoms. The molecule has 0 saturated carbocycles. The molecule has 0 aromatic carbocycles. The van der Waals surface area contributed by atoms with Gasteiger partial charge in [-0.25, -0.2) is 0 Å². The van der Waals surface area contributed by atoms with Crippen molar-refractivity contribution in [1.82, 2.24) is 0 Å². The van der Waals surface area contributed by atoms with Crippen LogP contribution < -0.4 is 0 Å². The summed E-state index contributed by atoms with van der Waals surface area (Å²) in [6.07, 6.45) is 51.9. The van der Waals surface area contributed by atoms with Crippen LogP contribution in [-0.2, 0) is 23.8 Å². The molecule has 0 aliphatic carbocycles. The van der Waals surface area contributed by atoms with E-state index in [9.17, 15) is 14.7 Å². The number of aliphatic hydroxyl groups is 1. The number of unbranched alkanes of at least 4 members (excludes halogenated alkanes) is 17. The van der Waals surface area contributed by atoms with E-state index in [1.807, 2.05) is 12.2 Å². The van der Waals surface area contributed by atoms with Gasteiger partial charge in [0.25, 0.3) is 0 Å². The Labute approximate surface area is 319 Å². The third-order valence-corrected chi connectivity index (χ3v) is 9.43. The Kier molecular flexibility index (Phi) is 33.8. The molecule has 1 rings (SSSR count). The van der Waals surface area contributed by atoms with Gasteiger partial charge in [0.1, 0.15) is 19.3 Å². The van der Waals surface area contributed by atoms with Crippen molar-refractivity contribution in [3.63, 3.8) is 0 Å². The summed E-state index contributed by atoms with van der Waals surface area (Å²) >= 11 is 0. The molecular formula is C46H78O6. The second-order valence-corrected chi connectivity index (χ2v) is 14.5. The molecule has 0 radical (unpaired) electrons. The Morgan fingerprint density at radius 2 is 0.904 bits per heavy atom. The molecule has 0 aromatic heterocycles. The molecule has 2 unspecified atom stereocenters. The lowest BCUT2D eigenvalue weighted by atomic mass is 10.0. The van der Waals surface area contributed by atoms with Crippen LogP contribution in [0.3, 0.4) is 0 Å². The van der Waals surface area contributed by atoms with Gasteiger partial charge in [-0.05, 0) is 51.4 Å². The maximum absolute atomic E-state index is 12.0. The highest BCUT2D eigenvalue weighted by molar-refractivity contribution is 5.70. The predicted molar refractivity (Wildman–Crippen MR) is 218 cm³/mol. The summed E-state index contributed by atoms with van der Waals surface area (Å²) in [6.45, 7) is 4.13. The summed E-state index contributed by atoms with van der Waals surface area (Å²) in [5, 5.41) is 10.0. The van der Waals surface area contributed by atoms with Crippen LogP contribution in [-0.4, -0.2) is 48.6 Å². The van der Waals surface area contributed by atoms with Crippen LogP contribution in [0, 0.1) is 0 Å². The van der Waals surface area contributed by atoms with Gasteiger partial charge >= 0.3 is 11.9 Å². The molecule has 1 N–H and O–H groups in total. The van der Waals surface area contributed by atoms with Crippen molar-refractivity contribution in [2.45, 2.75) is 206 Å². The van der Waals surface area contributed by atoms with Gasteiger partial charge in [-0.3, -0.25) is 9.59 Å². The first-order valence-corrected chi connectivity index (χ1v) is 21.5. The highest BCUT2D eigenvalue weighted by Gasteiger charge is 2.35. The Bertz CT molecular complexity index is 979. The van der Waals surface area contributed by atoms with Crippen LogP contribution in [0.5, 0.6) is 0 Å². The van der Waals surface area contributed by atoms with Gasteiger partial charge in [-0.1, -0.05) is 184 Å². The number of carbonyl (C=O) groups is 2. The lowest BCUT2D eigenvalue weighted by Crippen LogP contribution is -2.25. The number of ether oxygens (including phenoxy) is 3. The van der Waals surface area contributed by atoms with Crippen LogP contribution in [0.15, 0.2) is 60.8 Å². The lowest BCUT2D eigenvalue weighted by Gasteiger charge is -2.12. The van der Waals surface area contributed by atoms with Gasteiger partial charge in [0.2, 0.25) is 0 Å². The smallest absolute Gasteiger partial charge is 0.306 e. The summed E-state index contributed by atoms with van der Waals surface area (Å²) in [6, 6.07) is 0. The first-order valence-electron chi connectivity index (χ1n) is 21.5. The average molecular weight is 727 g/mol. The number of epoxide rings is 1. The van der Waals surface area contributed by atoms with Crippen LogP contribution in [0.4, 0.5) is 0 Å². The van der Waals surface area contributed by atoms with E-state index in [-0.39, 0.29) is 31.6 Å². The monoisotopic (exact) mass is 727 g/mol. The van der Waals surface area contributed by atoms with Gasteiger partial charge in [0.05, 0.1) is 12.2 Å². The van der Waals surface area contributed by atoms with Crippen molar-refractivity contribution >= 4 is 11.9 Å². The number of esters is 2. The van der Waals surface area contributed by atoms with Gasteiger partial charge in [-0.2, -0.15) is 0 Å². The highest BCUT2D eigenvalue weighted by Crippen LogP contribution is 2.29. The molecule has 1 heterocycles. The molecule has 0 aromatic rings. The van der Waals surface area contributed by atoms with Crippen molar-refractivity contribution in [3.05, 3.63) is 60.8 Å². The van der Waals surface area contributed by atoms with E-state index < -0.39 is 6.10 Å². The maximum Gasteiger partial charge on any atom is 0.306 e. The molecule has 0 amide bonds. The molecule has 0 spiro atoms. The number of allylic oxidation sites excluding steroid dienone is 8. The van der Waals surface area contributed by atoms with Crippen LogP contribution >= 0.6 is 0 Å². The summed E-state index contributed by atoms with van der Waals surface area (Å²) in [7, 11) is 0. The van der Waals surface area contributed by atoms with E-state index in [2.05, 4.69) is 62.5 Å². The van der Waals surface area contributed by atoms with Crippen molar-refractivity contribution in [2.24, 2.45) is 0 Å². The van der Waals surface area contributed by atoms with Gasteiger partial charge in [0, 0.05) is 12.8 Å². The van der Waals surface area contributed by atoms with Crippen LogP contribution in [0.1, 0.15) is 187 Å². The lowest BCUT2D eigenvalue weighted by molar-refractivity contribution is -0.152. The minimum absolute atomic E-state index is 0.142. The summed E-state index contributed by atoms with van der Waals surface area (Å²) in [4.78, 5) is 24.0. The third-order valence-electron chi connectivity index (χ3n) is 9.43. The predicted octanol–water partition coefficient (Wildman–Crippen LogP) is 12.6. The molecule has 1 fully saturated rings. The van der Waals surface area contributed by atoms with Gasteiger partial charge in [0.15, 0.2) is 0 Å². The molecule has 1 aliphatic rings. The third kappa shape index (κ3) is 33.4. The van der Waals surface area contributed by atoms with E-state index in [1.165, 1.54) is 96.3 Å². The number of hydrogen-bond donors (Lipinski definition) is 1. The molecule has 6 nitrogen and oxygen atoms in total. The van der Waals surface area contributed by atoms with Gasteiger partial charge in [-0.15, -0.1) is 0 Å². The quantitative estimate of drug-likeness (QED) is 0.0297. The minimum Gasteiger partial charge on any atom is -0.463 e. The topological polar surface area (TPSA) is 85.4 Å². The first-order chi connectivity index (χ1) is 25.6. The normalized spacial score (nSPS) is 16.7. The number of aliphatic hydroxyl groups excluding tert-OH is 1. The summed E-state index contributed by atoms with van der Waals surface area (Å²) < 4.78 is 16.0. The van der Waals surface area contributed by atoms with Crippen molar-refractivity contribution in [1.29, 1.82) is 0 Å². The number of carbonyl (C=O) groups excluding carboxylic acids is 2. The van der Waals surface area contributed by atoms with E-state index in [4.69, 9.17) is 14.2 Å². The van der Waals surface area contributed by atoms with E-state index in [0.29, 0.717) is 25.0 Å². The Morgan fingerprint density at radius 3 is 1.37 bits per heavy atom. The van der Waals surface area contributed by atoms with Crippen molar-refractivity contribution in [2.75, 3.05) is 13.2 Å². The fraction of sp³-hybridized carbons (Fsp3) is 0.739. The minimum atomic E-state index is -0.998. The van der Waals surface area contributed by atoms with Crippen LogP contribution in [0.2, 0.25) is 0 Å².